The molecule has 0 aromatic carbocycles. The summed E-state index contributed by atoms with van der Waals surface area (Å²) in [4.78, 5) is 12.1. The van der Waals surface area contributed by atoms with E-state index in [0.29, 0.717) is 5.78 Å². The van der Waals surface area contributed by atoms with E-state index >= 15 is 0 Å². The minimum absolute atomic E-state index is 0.701. The predicted molar refractivity (Wildman–Crippen MR) is 35.5 cm³/mol. The first-order chi connectivity index (χ1) is 4.86. The van der Waals surface area contributed by atoms with Crippen LogP contribution in [0.2, 0.25) is 0 Å². The molecule has 2 rings (SSSR count). The monoisotopic (exact) mass is 134 g/mol. The van der Waals surface area contributed by atoms with Crippen molar-refractivity contribution in [2.75, 3.05) is 0 Å². The van der Waals surface area contributed by atoms with Crippen LogP contribution >= 0.6 is 0 Å². The smallest absolute Gasteiger partial charge is 0.236 e. The topological polar surface area (TPSA) is 43.1 Å². The second-order valence-corrected chi connectivity index (χ2v) is 2.04. The summed E-state index contributed by atoms with van der Waals surface area (Å²) in [5, 5.41) is 0. The van der Waals surface area contributed by atoms with E-state index < -0.39 is 0 Å². The van der Waals surface area contributed by atoms with Gasteiger partial charge in [0.05, 0.1) is 0 Å². The molecule has 0 atom stereocenters. The van der Waals surface area contributed by atoms with E-state index in [9.17, 15) is 0 Å². The fourth-order valence-corrected chi connectivity index (χ4v) is 0.801. The molecule has 0 saturated carbocycles. The second kappa shape index (κ2) is 1.76. The number of fused-ring (bicyclic) bond motifs is 1. The first-order valence-electron chi connectivity index (χ1n) is 2.98. The van der Waals surface area contributed by atoms with Crippen molar-refractivity contribution in [1.82, 2.24) is 19.4 Å². The maximum absolute atomic E-state index is 4.08. The van der Waals surface area contributed by atoms with Gasteiger partial charge >= 0.3 is 0 Å². The first-order valence-corrected chi connectivity index (χ1v) is 2.98. The highest BCUT2D eigenvalue weighted by Crippen LogP contribution is 1.93. The molecule has 0 amide bonds. The van der Waals surface area contributed by atoms with Crippen LogP contribution in [0.1, 0.15) is 5.82 Å². The quantitative estimate of drug-likeness (QED) is 0.524. The predicted octanol–water partition coefficient (Wildman–Crippen LogP) is 0.433. The summed E-state index contributed by atoms with van der Waals surface area (Å²) in [5.74, 6) is 1.45. The molecule has 2 aromatic rings. The van der Waals surface area contributed by atoms with Gasteiger partial charge in [-0.1, -0.05) is 0 Å². The van der Waals surface area contributed by atoms with Crippen molar-refractivity contribution in [2.45, 2.75) is 6.92 Å². The van der Waals surface area contributed by atoms with Gasteiger partial charge in [-0.05, 0) is 6.92 Å². The minimum atomic E-state index is 0.701. The summed E-state index contributed by atoms with van der Waals surface area (Å²) in [6, 6.07) is 0. The van der Waals surface area contributed by atoms with E-state index in [-0.39, 0.29) is 0 Å². The standard InChI is InChI=1S/C6H6N4/c1-5-8-4-10-3-2-7-6(10)9-5/h2-4H,1H3. The number of hydrogen-bond donors (Lipinski definition) is 0. The van der Waals surface area contributed by atoms with Crippen LogP contribution in [0.25, 0.3) is 5.78 Å². The summed E-state index contributed by atoms with van der Waals surface area (Å²) in [7, 11) is 0. The Bertz CT molecular complexity index is 351. The van der Waals surface area contributed by atoms with Gasteiger partial charge in [-0.25, -0.2) is 9.97 Å². The first kappa shape index (κ1) is 5.34. The van der Waals surface area contributed by atoms with E-state index in [2.05, 4.69) is 15.0 Å². The zero-order chi connectivity index (χ0) is 6.97. The van der Waals surface area contributed by atoms with Gasteiger partial charge in [0.15, 0.2) is 0 Å². The molecule has 0 saturated heterocycles. The van der Waals surface area contributed by atoms with E-state index in [1.807, 2.05) is 13.1 Å². The Balaban J connectivity index is 2.86. The van der Waals surface area contributed by atoms with E-state index in [0.717, 1.165) is 5.82 Å². The lowest BCUT2D eigenvalue weighted by molar-refractivity contribution is 0.955. The van der Waals surface area contributed by atoms with Crippen LogP contribution in [-0.2, 0) is 0 Å². The number of rotatable bonds is 0. The lowest BCUT2D eigenvalue weighted by Crippen LogP contribution is -1.92. The molecule has 4 heteroatoms. The molecule has 0 N–H and O–H groups in total. The largest absolute Gasteiger partial charge is 0.274 e. The third kappa shape index (κ3) is 0.655. The number of aryl methyl sites for hydroxylation is 1. The lowest BCUT2D eigenvalue weighted by Gasteiger charge is -1.90. The molecule has 50 valence electrons. The van der Waals surface area contributed by atoms with Gasteiger partial charge in [0.2, 0.25) is 5.78 Å². The summed E-state index contributed by atoms with van der Waals surface area (Å²) >= 11 is 0. The van der Waals surface area contributed by atoms with Gasteiger partial charge in [0.25, 0.3) is 0 Å². The Hall–Kier alpha value is -1.45. The van der Waals surface area contributed by atoms with Gasteiger partial charge < -0.3 is 0 Å². The van der Waals surface area contributed by atoms with Gasteiger partial charge in [0, 0.05) is 12.4 Å². The molecule has 10 heavy (non-hydrogen) atoms. The van der Waals surface area contributed by atoms with Crippen LogP contribution in [0.5, 0.6) is 0 Å². The maximum Gasteiger partial charge on any atom is 0.236 e. The highest BCUT2D eigenvalue weighted by atomic mass is 15.1. The SMILES string of the molecule is Cc1ncn2ccnc2n1. The minimum Gasteiger partial charge on any atom is -0.274 e. The van der Waals surface area contributed by atoms with Crippen LogP contribution < -0.4 is 0 Å². The average Bonchev–Trinajstić information content (AvgIpc) is 2.33. The van der Waals surface area contributed by atoms with Crippen molar-refractivity contribution < 1.29 is 0 Å². The Morgan fingerprint density at radius 1 is 1.40 bits per heavy atom. The van der Waals surface area contributed by atoms with Crippen molar-refractivity contribution in [3.63, 3.8) is 0 Å². The van der Waals surface area contributed by atoms with Gasteiger partial charge in [-0.15, -0.1) is 0 Å². The Morgan fingerprint density at radius 3 is 3.20 bits per heavy atom. The summed E-state index contributed by atoms with van der Waals surface area (Å²) < 4.78 is 1.77. The van der Waals surface area contributed by atoms with Crippen LogP contribution in [0.15, 0.2) is 18.7 Å². The van der Waals surface area contributed by atoms with E-state index in [4.69, 9.17) is 0 Å². The fourth-order valence-electron chi connectivity index (χ4n) is 0.801. The number of imidazole rings is 1. The molecule has 0 aliphatic rings. The summed E-state index contributed by atoms with van der Waals surface area (Å²) in [5.41, 5.74) is 0. The van der Waals surface area contributed by atoms with Gasteiger partial charge in [-0.2, -0.15) is 4.98 Å². The number of aromatic nitrogens is 4. The zero-order valence-corrected chi connectivity index (χ0v) is 5.52. The molecule has 2 aromatic heterocycles. The molecule has 0 radical (unpaired) electrons. The molecule has 0 aliphatic heterocycles. The maximum atomic E-state index is 4.08. The van der Waals surface area contributed by atoms with Crippen LogP contribution in [-0.4, -0.2) is 19.4 Å². The molecule has 0 aliphatic carbocycles. The molecule has 2 heterocycles. The van der Waals surface area contributed by atoms with Crippen molar-refractivity contribution >= 4 is 5.78 Å². The third-order valence-electron chi connectivity index (χ3n) is 1.28. The Labute approximate surface area is 57.6 Å². The molecule has 0 unspecified atom stereocenters. The molecule has 0 bridgehead atoms. The van der Waals surface area contributed by atoms with Crippen LogP contribution in [0.4, 0.5) is 0 Å². The highest BCUT2D eigenvalue weighted by molar-refractivity contribution is 5.25. The van der Waals surface area contributed by atoms with E-state index in [1.54, 1.807) is 16.9 Å². The van der Waals surface area contributed by atoms with Crippen molar-refractivity contribution in [3.8, 4) is 0 Å². The summed E-state index contributed by atoms with van der Waals surface area (Å²) in [6.45, 7) is 1.84. The fraction of sp³-hybridized carbons (Fsp3) is 0.167. The zero-order valence-electron chi connectivity index (χ0n) is 5.52. The number of hydrogen-bond acceptors (Lipinski definition) is 3. The average molecular weight is 134 g/mol. The highest BCUT2D eigenvalue weighted by Gasteiger charge is 1.93. The van der Waals surface area contributed by atoms with Crippen LogP contribution in [0.3, 0.4) is 0 Å². The summed E-state index contributed by atoms with van der Waals surface area (Å²) in [6.07, 6.45) is 5.21. The second-order valence-electron chi connectivity index (χ2n) is 2.04. The number of nitrogens with zero attached hydrogens (tertiary/aromatic N) is 4. The molecule has 0 fully saturated rings. The third-order valence-corrected chi connectivity index (χ3v) is 1.28. The molecular weight excluding hydrogens is 128 g/mol. The van der Waals surface area contributed by atoms with Crippen LogP contribution in [0, 0.1) is 6.92 Å². The van der Waals surface area contributed by atoms with Gasteiger partial charge in [0.1, 0.15) is 12.2 Å². The van der Waals surface area contributed by atoms with Gasteiger partial charge in [-0.3, -0.25) is 4.40 Å². The molecular formula is C6H6N4. The van der Waals surface area contributed by atoms with E-state index in [1.165, 1.54) is 0 Å². The Morgan fingerprint density at radius 2 is 2.30 bits per heavy atom. The van der Waals surface area contributed by atoms with Crippen molar-refractivity contribution in [1.29, 1.82) is 0 Å². The molecule has 0 spiro atoms. The van der Waals surface area contributed by atoms with Crippen molar-refractivity contribution in [3.05, 3.63) is 24.5 Å². The lowest BCUT2D eigenvalue weighted by atomic mass is 10.7. The Kier molecular flexibility index (Phi) is 0.943. The molecule has 4 nitrogen and oxygen atoms in total. The van der Waals surface area contributed by atoms with Crippen molar-refractivity contribution in [2.24, 2.45) is 0 Å². The normalized spacial score (nSPS) is 10.5.